The Labute approximate surface area is 269 Å². The van der Waals surface area contributed by atoms with Gasteiger partial charge in [-0.05, 0) is 87.5 Å². The van der Waals surface area contributed by atoms with Crippen molar-refractivity contribution in [1.29, 1.82) is 0 Å². The number of rotatable bonds is 17. The second kappa shape index (κ2) is 17.3. The highest BCUT2D eigenvalue weighted by Crippen LogP contribution is 2.36. The van der Waals surface area contributed by atoms with Gasteiger partial charge in [0.1, 0.15) is 18.1 Å². The average Bonchev–Trinajstić information content (AvgIpc) is 3.03. The largest absolute Gasteiger partial charge is 0.493 e. The molecule has 0 bridgehead atoms. The smallest absolute Gasteiger partial charge is 0.404 e. The molecule has 0 aliphatic carbocycles. The summed E-state index contributed by atoms with van der Waals surface area (Å²) < 4.78 is 12.7. The molecule has 0 aliphatic rings. The number of amides is 1. The molecule has 4 aromatic rings. The van der Waals surface area contributed by atoms with Gasteiger partial charge in [0, 0.05) is 36.5 Å². The van der Waals surface area contributed by atoms with E-state index < -0.39 is 6.09 Å². The van der Waals surface area contributed by atoms with E-state index in [1.165, 1.54) is 16.7 Å². The minimum absolute atomic E-state index is 0.175. The van der Waals surface area contributed by atoms with Crippen molar-refractivity contribution in [2.24, 2.45) is 0 Å². The van der Waals surface area contributed by atoms with Crippen molar-refractivity contribution in [1.82, 2.24) is 10.2 Å². The maximum Gasteiger partial charge on any atom is 0.404 e. The second-order valence-corrected chi connectivity index (χ2v) is 12.1. The lowest BCUT2D eigenvalue weighted by molar-refractivity contribution is 0.170. The molecule has 0 aliphatic heterocycles. The molecule has 0 radical (unpaired) electrons. The van der Waals surface area contributed by atoms with Gasteiger partial charge in [0.05, 0.1) is 6.61 Å². The van der Waals surface area contributed by atoms with E-state index in [0.29, 0.717) is 38.3 Å². The summed E-state index contributed by atoms with van der Waals surface area (Å²) >= 11 is 0. The van der Waals surface area contributed by atoms with Gasteiger partial charge < -0.3 is 19.9 Å². The highest BCUT2D eigenvalue weighted by Gasteiger charge is 2.22. The first-order valence-corrected chi connectivity index (χ1v) is 16.1. The average molecular weight is 609 g/mol. The van der Waals surface area contributed by atoms with Crippen molar-refractivity contribution < 1.29 is 19.4 Å². The number of hydrogen-bond acceptors (Lipinski definition) is 4. The summed E-state index contributed by atoms with van der Waals surface area (Å²) in [5, 5.41) is 11.3. The number of hydrogen-bond donors (Lipinski definition) is 2. The van der Waals surface area contributed by atoms with Crippen LogP contribution in [0.3, 0.4) is 0 Å². The SMILES string of the molecule is CC(C)N(CC[C@H](c1ccccc1)c1cc(CCOc2cccc(CCNC(=O)O)c2)ccc1OCc1ccccc1)C(C)C. The Balaban J connectivity index is 1.56. The molecule has 0 spiro atoms. The topological polar surface area (TPSA) is 71.0 Å². The lowest BCUT2D eigenvalue weighted by Crippen LogP contribution is -2.38. The Bertz CT molecular complexity index is 1450. The Hall–Kier alpha value is -4.29. The van der Waals surface area contributed by atoms with Gasteiger partial charge in [-0.3, -0.25) is 4.90 Å². The first-order valence-electron chi connectivity index (χ1n) is 16.1. The van der Waals surface area contributed by atoms with E-state index in [0.717, 1.165) is 42.0 Å². The molecule has 2 N–H and O–H groups in total. The van der Waals surface area contributed by atoms with Crippen LogP contribution in [0.25, 0.3) is 0 Å². The summed E-state index contributed by atoms with van der Waals surface area (Å²) in [6.45, 7) is 11.5. The number of carbonyl (C=O) groups is 1. The van der Waals surface area contributed by atoms with Crippen LogP contribution in [0.1, 0.15) is 67.9 Å². The molecule has 1 amide bonds. The fourth-order valence-corrected chi connectivity index (χ4v) is 5.86. The zero-order chi connectivity index (χ0) is 32.0. The van der Waals surface area contributed by atoms with Crippen LogP contribution in [0.15, 0.2) is 103 Å². The van der Waals surface area contributed by atoms with Crippen molar-refractivity contribution in [3.05, 3.63) is 131 Å². The van der Waals surface area contributed by atoms with Crippen LogP contribution in [0.4, 0.5) is 4.79 Å². The third-order valence-electron chi connectivity index (χ3n) is 8.14. The van der Waals surface area contributed by atoms with E-state index in [2.05, 4.69) is 98.6 Å². The molecule has 0 fully saturated rings. The molecule has 1 atom stereocenters. The monoisotopic (exact) mass is 608 g/mol. The predicted octanol–water partition coefficient (Wildman–Crippen LogP) is 8.34. The van der Waals surface area contributed by atoms with Gasteiger partial charge in [-0.2, -0.15) is 0 Å². The van der Waals surface area contributed by atoms with Crippen molar-refractivity contribution in [3.63, 3.8) is 0 Å². The van der Waals surface area contributed by atoms with Crippen molar-refractivity contribution >= 4 is 6.09 Å². The van der Waals surface area contributed by atoms with E-state index in [1.54, 1.807) is 0 Å². The molecule has 45 heavy (non-hydrogen) atoms. The number of carboxylic acid groups (broad SMARTS) is 1. The first-order chi connectivity index (χ1) is 21.8. The third-order valence-corrected chi connectivity index (χ3v) is 8.14. The molecule has 4 rings (SSSR count). The molecular formula is C39H48N2O4. The Morgan fingerprint density at radius 2 is 1.42 bits per heavy atom. The van der Waals surface area contributed by atoms with Crippen LogP contribution in [0.2, 0.25) is 0 Å². The van der Waals surface area contributed by atoms with Gasteiger partial charge in [0.25, 0.3) is 0 Å². The predicted molar refractivity (Wildman–Crippen MR) is 182 cm³/mol. The van der Waals surface area contributed by atoms with Gasteiger partial charge in [-0.25, -0.2) is 4.79 Å². The van der Waals surface area contributed by atoms with Crippen molar-refractivity contribution in [2.45, 2.75) is 71.6 Å². The molecule has 6 heteroatoms. The van der Waals surface area contributed by atoms with Crippen LogP contribution in [-0.4, -0.2) is 47.9 Å². The van der Waals surface area contributed by atoms with Crippen LogP contribution >= 0.6 is 0 Å². The molecule has 4 aromatic carbocycles. The quantitative estimate of drug-likeness (QED) is 0.126. The van der Waals surface area contributed by atoms with Gasteiger partial charge >= 0.3 is 6.09 Å². The van der Waals surface area contributed by atoms with Crippen LogP contribution in [0, 0.1) is 0 Å². The molecule has 0 heterocycles. The number of ether oxygens (including phenoxy) is 2. The maximum atomic E-state index is 10.8. The molecule has 0 unspecified atom stereocenters. The Kier molecular flexibility index (Phi) is 12.9. The standard InChI is InChI=1S/C39H48N2O4/c1-29(2)41(30(3)4)24-21-36(34-15-9-6-10-16-34)37-27-32(18-19-38(37)45-28-33-12-7-5-8-13-33)22-25-44-35-17-11-14-31(26-35)20-23-40-39(42)43/h5-19,26-27,29-30,36,40H,20-25,28H2,1-4H3,(H,42,43)/t36-/m1/s1. The third kappa shape index (κ3) is 10.7. The summed E-state index contributed by atoms with van der Waals surface area (Å²) in [5.74, 6) is 1.88. The van der Waals surface area contributed by atoms with Crippen LogP contribution in [0.5, 0.6) is 11.5 Å². The lowest BCUT2D eigenvalue weighted by atomic mass is 9.86. The first kappa shape index (κ1) is 33.6. The minimum atomic E-state index is -1.01. The van der Waals surface area contributed by atoms with Crippen molar-refractivity contribution in [3.8, 4) is 11.5 Å². The fourth-order valence-electron chi connectivity index (χ4n) is 5.86. The van der Waals surface area contributed by atoms with Crippen LogP contribution in [-0.2, 0) is 19.4 Å². The highest BCUT2D eigenvalue weighted by atomic mass is 16.5. The normalized spacial score (nSPS) is 12.0. The van der Waals surface area contributed by atoms with E-state index in [4.69, 9.17) is 14.6 Å². The maximum absolute atomic E-state index is 10.8. The van der Waals surface area contributed by atoms with Crippen LogP contribution < -0.4 is 14.8 Å². The zero-order valence-electron chi connectivity index (χ0n) is 27.1. The summed E-state index contributed by atoms with van der Waals surface area (Å²) in [7, 11) is 0. The lowest BCUT2D eigenvalue weighted by Gasteiger charge is -2.32. The Morgan fingerprint density at radius 3 is 2.11 bits per heavy atom. The number of benzene rings is 4. The molecule has 0 aromatic heterocycles. The minimum Gasteiger partial charge on any atom is -0.493 e. The van der Waals surface area contributed by atoms with Crippen molar-refractivity contribution in [2.75, 3.05) is 19.7 Å². The van der Waals surface area contributed by atoms with E-state index >= 15 is 0 Å². The molecular weight excluding hydrogens is 560 g/mol. The Morgan fingerprint density at radius 1 is 0.756 bits per heavy atom. The zero-order valence-corrected chi connectivity index (χ0v) is 27.1. The van der Waals surface area contributed by atoms with E-state index in [1.807, 2.05) is 42.5 Å². The van der Waals surface area contributed by atoms with Gasteiger partial charge in [-0.15, -0.1) is 0 Å². The summed E-state index contributed by atoms with van der Waals surface area (Å²) in [5.41, 5.74) is 5.87. The highest BCUT2D eigenvalue weighted by molar-refractivity contribution is 5.64. The number of nitrogens with zero attached hydrogens (tertiary/aromatic N) is 1. The van der Waals surface area contributed by atoms with Gasteiger partial charge in [-0.1, -0.05) is 84.9 Å². The summed E-state index contributed by atoms with van der Waals surface area (Å²) in [4.78, 5) is 13.3. The second-order valence-electron chi connectivity index (χ2n) is 12.1. The molecule has 238 valence electrons. The fraction of sp³-hybridized carbons (Fsp3) is 0.359. The van der Waals surface area contributed by atoms with Gasteiger partial charge in [0.2, 0.25) is 0 Å². The van der Waals surface area contributed by atoms with E-state index in [9.17, 15) is 4.79 Å². The molecule has 0 saturated heterocycles. The molecule has 0 saturated carbocycles. The summed E-state index contributed by atoms with van der Waals surface area (Å²) in [6, 6.07) is 36.5. The van der Waals surface area contributed by atoms with E-state index in [-0.39, 0.29) is 5.92 Å². The molecule has 6 nitrogen and oxygen atoms in total. The summed E-state index contributed by atoms with van der Waals surface area (Å²) in [6.07, 6.45) is 1.34. The number of nitrogens with one attached hydrogen (secondary N) is 1. The van der Waals surface area contributed by atoms with Gasteiger partial charge in [0.15, 0.2) is 0 Å².